The highest BCUT2D eigenvalue weighted by Gasteiger charge is 2.05. The van der Waals surface area contributed by atoms with Crippen LogP contribution in [-0.2, 0) is 6.42 Å². The molecule has 0 atom stereocenters. The second kappa shape index (κ2) is 6.04. The molecule has 0 saturated heterocycles. The van der Waals surface area contributed by atoms with Crippen LogP contribution in [0.25, 0.3) is 0 Å². The van der Waals surface area contributed by atoms with Gasteiger partial charge in [-0.2, -0.15) is 5.26 Å². The smallest absolute Gasteiger partial charge is 0.103 e. The third-order valence-corrected chi connectivity index (χ3v) is 2.92. The zero-order valence-corrected chi connectivity index (χ0v) is 10.5. The number of nitriles is 1. The van der Waals surface area contributed by atoms with Crippen molar-refractivity contribution < 1.29 is 0 Å². The summed E-state index contributed by atoms with van der Waals surface area (Å²) in [6.07, 6.45) is 4.42. The zero-order valence-electron chi connectivity index (χ0n) is 9.73. The summed E-state index contributed by atoms with van der Waals surface area (Å²) in [5, 5.41) is 12.7. The lowest BCUT2D eigenvalue weighted by Crippen LogP contribution is -2.06. The topological polar surface area (TPSA) is 48.7 Å². The molecule has 1 heterocycles. The minimum absolute atomic E-state index is 0.478. The lowest BCUT2D eigenvalue weighted by molar-refractivity contribution is 1.01. The van der Waals surface area contributed by atoms with E-state index in [9.17, 15) is 0 Å². The first-order valence-corrected chi connectivity index (χ1v) is 6.00. The predicted octanol–water partition coefficient (Wildman–Crippen LogP) is 3.26. The van der Waals surface area contributed by atoms with E-state index in [2.05, 4.69) is 16.4 Å². The van der Waals surface area contributed by atoms with Crippen LogP contribution >= 0.6 is 11.6 Å². The van der Waals surface area contributed by atoms with Gasteiger partial charge < -0.3 is 5.32 Å². The second-order valence-electron chi connectivity index (χ2n) is 3.81. The van der Waals surface area contributed by atoms with Crippen molar-refractivity contribution in [3.05, 3.63) is 58.9 Å². The number of rotatable bonds is 4. The van der Waals surface area contributed by atoms with Crippen LogP contribution < -0.4 is 5.32 Å². The summed E-state index contributed by atoms with van der Waals surface area (Å²) >= 11 is 5.95. The summed E-state index contributed by atoms with van der Waals surface area (Å²) < 4.78 is 0. The first-order valence-electron chi connectivity index (χ1n) is 5.62. The molecule has 0 spiro atoms. The molecule has 2 rings (SSSR count). The fraction of sp³-hybridized carbons (Fsp3) is 0.143. The zero-order chi connectivity index (χ0) is 12.8. The van der Waals surface area contributed by atoms with E-state index in [0.29, 0.717) is 10.6 Å². The summed E-state index contributed by atoms with van der Waals surface area (Å²) in [4.78, 5) is 3.97. The number of benzene rings is 1. The van der Waals surface area contributed by atoms with Gasteiger partial charge in [0.2, 0.25) is 0 Å². The fourth-order valence-corrected chi connectivity index (χ4v) is 1.89. The van der Waals surface area contributed by atoms with Crippen LogP contribution in [0, 0.1) is 11.3 Å². The van der Waals surface area contributed by atoms with E-state index >= 15 is 0 Å². The largest absolute Gasteiger partial charge is 0.384 e. The van der Waals surface area contributed by atoms with Gasteiger partial charge in [0.25, 0.3) is 0 Å². The average Bonchev–Trinajstić information content (AvgIpc) is 2.40. The van der Waals surface area contributed by atoms with Crippen molar-refractivity contribution >= 4 is 17.3 Å². The summed E-state index contributed by atoms with van der Waals surface area (Å²) in [5.41, 5.74) is 2.48. The van der Waals surface area contributed by atoms with Crippen molar-refractivity contribution in [2.24, 2.45) is 0 Å². The van der Waals surface area contributed by atoms with Crippen LogP contribution in [0.1, 0.15) is 11.1 Å². The number of nitrogens with zero attached hydrogens (tertiary/aromatic N) is 2. The van der Waals surface area contributed by atoms with Crippen LogP contribution in [0.2, 0.25) is 5.02 Å². The predicted molar refractivity (Wildman–Crippen MR) is 72.6 cm³/mol. The number of nitrogens with one attached hydrogen (secondary N) is 1. The molecular formula is C14H12ClN3. The van der Waals surface area contributed by atoms with Gasteiger partial charge in [0.1, 0.15) is 6.07 Å². The first kappa shape index (κ1) is 12.4. The van der Waals surface area contributed by atoms with E-state index in [-0.39, 0.29) is 0 Å². The van der Waals surface area contributed by atoms with Gasteiger partial charge in [-0.25, -0.2) is 0 Å². The van der Waals surface area contributed by atoms with Gasteiger partial charge in [-0.05, 0) is 36.2 Å². The van der Waals surface area contributed by atoms with Crippen molar-refractivity contribution in [3.63, 3.8) is 0 Å². The molecule has 2 aromatic rings. The van der Waals surface area contributed by atoms with Gasteiger partial charge in [-0.1, -0.05) is 17.7 Å². The Morgan fingerprint density at radius 1 is 1.22 bits per heavy atom. The quantitative estimate of drug-likeness (QED) is 0.915. The van der Waals surface area contributed by atoms with Gasteiger partial charge in [0, 0.05) is 18.9 Å². The highest BCUT2D eigenvalue weighted by molar-refractivity contribution is 6.32. The normalized spacial score (nSPS) is 9.78. The number of anilines is 1. The minimum Gasteiger partial charge on any atom is -0.384 e. The molecule has 3 nitrogen and oxygen atoms in total. The number of hydrogen-bond acceptors (Lipinski definition) is 3. The lowest BCUT2D eigenvalue weighted by atomic mass is 10.1. The third-order valence-electron chi connectivity index (χ3n) is 2.60. The summed E-state index contributed by atoms with van der Waals surface area (Å²) in [6.45, 7) is 0.749. The third kappa shape index (κ3) is 2.99. The maximum absolute atomic E-state index is 9.03. The maximum atomic E-state index is 9.03. The van der Waals surface area contributed by atoms with Crippen molar-refractivity contribution in [3.8, 4) is 6.07 Å². The number of pyridine rings is 1. The molecule has 90 valence electrons. The number of halogens is 1. The standard InChI is InChI=1S/C14H12ClN3/c15-13-2-1-3-14(12(13)10-16)18-9-6-11-4-7-17-8-5-11/h1-5,7-8,18H,6,9H2. The van der Waals surface area contributed by atoms with E-state index in [1.807, 2.05) is 24.3 Å². The Labute approximate surface area is 111 Å². The summed E-state index contributed by atoms with van der Waals surface area (Å²) in [6, 6.07) is 11.5. The lowest BCUT2D eigenvalue weighted by Gasteiger charge is -2.08. The fourth-order valence-electron chi connectivity index (χ4n) is 1.68. The Morgan fingerprint density at radius 3 is 2.72 bits per heavy atom. The summed E-state index contributed by atoms with van der Waals surface area (Å²) in [5.74, 6) is 0. The molecular weight excluding hydrogens is 246 g/mol. The van der Waals surface area contributed by atoms with Crippen molar-refractivity contribution in [1.29, 1.82) is 5.26 Å². The molecule has 1 N–H and O–H groups in total. The molecule has 0 amide bonds. The van der Waals surface area contributed by atoms with Crippen LogP contribution in [-0.4, -0.2) is 11.5 Å². The Hall–Kier alpha value is -2.05. The second-order valence-corrected chi connectivity index (χ2v) is 4.21. The monoisotopic (exact) mass is 257 g/mol. The molecule has 0 bridgehead atoms. The number of hydrogen-bond donors (Lipinski definition) is 1. The Bertz CT molecular complexity index is 561. The van der Waals surface area contributed by atoms with Crippen molar-refractivity contribution in [1.82, 2.24) is 4.98 Å². The molecule has 0 aliphatic carbocycles. The Morgan fingerprint density at radius 2 is 2.00 bits per heavy atom. The molecule has 0 aliphatic rings. The van der Waals surface area contributed by atoms with Gasteiger partial charge in [0.05, 0.1) is 16.3 Å². The van der Waals surface area contributed by atoms with Gasteiger partial charge in [0.15, 0.2) is 0 Å². The molecule has 4 heteroatoms. The van der Waals surface area contributed by atoms with E-state index in [4.69, 9.17) is 16.9 Å². The first-order chi connectivity index (χ1) is 8.81. The average molecular weight is 258 g/mol. The molecule has 0 saturated carbocycles. The van der Waals surface area contributed by atoms with Crippen LogP contribution in [0.15, 0.2) is 42.7 Å². The van der Waals surface area contributed by atoms with E-state index in [0.717, 1.165) is 18.7 Å². The molecule has 0 radical (unpaired) electrons. The SMILES string of the molecule is N#Cc1c(Cl)cccc1NCCc1ccncc1. The van der Waals surface area contributed by atoms with Crippen LogP contribution in [0.5, 0.6) is 0 Å². The van der Waals surface area contributed by atoms with Crippen molar-refractivity contribution in [2.75, 3.05) is 11.9 Å². The van der Waals surface area contributed by atoms with Gasteiger partial charge in [-0.3, -0.25) is 4.98 Å². The Balaban J connectivity index is 1.99. The van der Waals surface area contributed by atoms with Crippen LogP contribution in [0.3, 0.4) is 0 Å². The Kier molecular flexibility index (Phi) is 4.16. The molecule has 0 fully saturated rings. The van der Waals surface area contributed by atoms with Gasteiger partial charge in [-0.15, -0.1) is 0 Å². The molecule has 1 aromatic carbocycles. The van der Waals surface area contributed by atoms with Crippen LogP contribution in [0.4, 0.5) is 5.69 Å². The molecule has 1 aromatic heterocycles. The highest BCUT2D eigenvalue weighted by atomic mass is 35.5. The van der Waals surface area contributed by atoms with Gasteiger partial charge >= 0.3 is 0 Å². The molecule has 0 aliphatic heterocycles. The highest BCUT2D eigenvalue weighted by Crippen LogP contribution is 2.23. The van der Waals surface area contributed by atoms with Crippen molar-refractivity contribution in [2.45, 2.75) is 6.42 Å². The minimum atomic E-state index is 0.478. The molecule has 0 unspecified atom stereocenters. The van der Waals surface area contributed by atoms with E-state index < -0.39 is 0 Å². The van der Waals surface area contributed by atoms with E-state index in [1.165, 1.54) is 5.56 Å². The molecule has 18 heavy (non-hydrogen) atoms. The van der Waals surface area contributed by atoms with E-state index in [1.54, 1.807) is 18.5 Å². The maximum Gasteiger partial charge on any atom is 0.103 e. The number of aromatic nitrogens is 1. The summed E-state index contributed by atoms with van der Waals surface area (Å²) in [7, 11) is 0.